The van der Waals surface area contributed by atoms with Crippen LogP contribution >= 0.6 is 0 Å². The molecule has 1 unspecified atom stereocenters. The summed E-state index contributed by atoms with van der Waals surface area (Å²) < 4.78 is 28.3. The van der Waals surface area contributed by atoms with Gasteiger partial charge in [0.05, 0.1) is 16.0 Å². The van der Waals surface area contributed by atoms with Crippen LogP contribution in [-0.4, -0.2) is 87.2 Å². The van der Waals surface area contributed by atoms with Gasteiger partial charge in [-0.05, 0) is 58.2 Å². The minimum Gasteiger partial charge on any atom is -0.308 e. The molecule has 2 aliphatic heterocycles. The van der Waals surface area contributed by atoms with Crippen LogP contribution in [0.25, 0.3) is 0 Å². The van der Waals surface area contributed by atoms with Crippen molar-refractivity contribution in [3.8, 4) is 0 Å². The van der Waals surface area contributed by atoms with E-state index in [1.807, 2.05) is 19.0 Å². The lowest BCUT2D eigenvalue weighted by molar-refractivity contribution is 0.0879. The molecule has 154 valence electrons. The fourth-order valence-electron chi connectivity index (χ4n) is 3.83. The molecule has 1 N–H and O–H groups in total. The number of carbonyl (C=O) groups excluding carboxylic acids is 2. The quantitative estimate of drug-likeness (QED) is 0.634. The number of nitrogens with one attached hydrogen (secondary N) is 1. The third-order valence-electron chi connectivity index (χ3n) is 5.46. The molecule has 1 saturated heterocycles. The Kier molecular flexibility index (Phi) is 6.18. The van der Waals surface area contributed by atoms with Crippen molar-refractivity contribution in [2.75, 3.05) is 46.8 Å². The number of likely N-dealkylation sites (N-methyl/N-ethyl adjacent to an activating group) is 2. The summed E-state index contributed by atoms with van der Waals surface area (Å²) in [7, 11) is 0.0240. The molecular formula is C19H28N4O4S. The zero-order valence-corrected chi connectivity index (χ0v) is 17.5. The Morgan fingerprint density at radius 2 is 1.86 bits per heavy atom. The van der Waals surface area contributed by atoms with Crippen LogP contribution in [-0.2, 0) is 10.0 Å². The Labute approximate surface area is 166 Å². The second-order valence-electron chi connectivity index (χ2n) is 7.58. The molecule has 0 saturated carbocycles. The Balaban J connectivity index is 1.90. The summed E-state index contributed by atoms with van der Waals surface area (Å²) in [4.78, 5) is 28.0. The van der Waals surface area contributed by atoms with Gasteiger partial charge in [0.2, 0.25) is 10.0 Å². The molecule has 1 aromatic rings. The van der Waals surface area contributed by atoms with E-state index in [2.05, 4.69) is 17.1 Å². The lowest BCUT2D eigenvalue weighted by Crippen LogP contribution is -2.45. The van der Waals surface area contributed by atoms with E-state index >= 15 is 0 Å². The van der Waals surface area contributed by atoms with Gasteiger partial charge >= 0.3 is 0 Å². The van der Waals surface area contributed by atoms with Gasteiger partial charge in [0.1, 0.15) is 0 Å². The maximum atomic E-state index is 13.4. The van der Waals surface area contributed by atoms with Crippen LogP contribution in [0.4, 0.5) is 0 Å². The van der Waals surface area contributed by atoms with E-state index in [4.69, 9.17) is 0 Å². The van der Waals surface area contributed by atoms with Crippen LogP contribution in [0.3, 0.4) is 0 Å². The van der Waals surface area contributed by atoms with E-state index in [0.717, 1.165) is 25.9 Å². The van der Waals surface area contributed by atoms with Crippen molar-refractivity contribution >= 4 is 21.8 Å². The summed E-state index contributed by atoms with van der Waals surface area (Å²) in [6.45, 7) is 5.37. The first-order valence-corrected chi connectivity index (χ1v) is 11.1. The van der Waals surface area contributed by atoms with E-state index in [9.17, 15) is 18.0 Å². The highest BCUT2D eigenvalue weighted by Crippen LogP contribution is 2.25. The third kappa shape index (κ3) is 4.12. The topological polar surface area (TPSA) is 90.0 Å². The molecule has 0 spiro atoms. The molecule has 2 heterocycles. The Morgan fingerprint density at radius 3 is 2.54 bits per heavy atom. The number of nitrogens with zero attached hydrogens (tertiary/aromatic N) is 3. The van der Waals surface area contributed by atoms with Crippen molar-refractivity contribution < 1.29 is 18.0 Å². The normalized spacial score (nSPS) is 20.2. The summed E-state index contributed by atoms with van der Waals surface area (Å²) in [6.07, 6.45) is 2.05. The molecule has 2 amide bonds. The Morgan fingerprint density at radius 1 is 1.14 bits per heavy atom. The number of hydrogen-bond acceptors (Lipinski definition) is 6. The number of likely N-dealkylation sites (tertiary alicyclic amines) is 1. The molecule has 28 heavy (non-hydrogen) atoms. The fourth-order valence-corrected chi connectivity index (χ4v) is 5.33. The molecule has 1 atom stereocenters. The molecule has 9 heteroatoms. The van der Waals surface area contributed by atoms with Gasteiger partial charge in [0.15, 0.2) is 0 Å². The van der Waals surface area contributed by atoms with Crippen LogP contribution in [0, 0.1) is 0 Å². The number of amides is 2. The van der Waals surface area contributed by atoms with Gasteiger partial charge in [-0.1, -0.05) is 6.92 Å². The number of hydrogen-bond donors (Lipinski definition) is 1. The number of fused-ring (bicyclic) bond motifs is 1. The molecule has 2 aliphatic rings. The van der Waals surface area contributed by atoms with E-state index < -0.39 is 21.8 Å². The van der Waals surface area contributed by atoms with Crippen molar-refractivity contribution in [1.82, 2.24) is 19.4 Å². The average molecular weight is 409 g/mol. The maximum Gasteiger partial charge on any atom is 0.258 e. The first-order valence-electron chi connectivity index (χ1n) is 9.62. The van der Waals surface area contributed by atoms with Crippen molar-refractivity contribution in [2.24, 2.45) is 0 Å². The summed E-state index contributed by atoms with van der Waals surface area (Å²) in [6, 6.07) is 4.35. The van der Waals surface area contributed by atoms with Crippen molar-refractivity contribution in [1.29, 1.82) is 0 Å². The minimum atomic E-state index is -3.79. The average Bonchev–Trinajstić information content (AvgIpc) is 3.22. The van der Waals surface area contributed by atoms with Gasteiger partial charge in [0.25, 0.3) is 11.8 Å². The van der Waals surface area contributed by atoms with E-state index in [1.165, 1.54) is 22.5 Å². The highest BCUT2D eigenvalue weighted by Gasteiger charge is 2.34. The molecule has 0 bridgehead atoms. The lowest BCUT2D eigenvalue weighted by Gasteiger charge is -2.30. The number of carbonyl (C=O) groups is 2. The first-order chi connectivity index (χ1) is 13.2. The smallest absolute Gasteiger partial charge is 0.258 e. The number of rotatable bonds is 8. The molecule has 8 nitrogen and oxygen atoms in total. The van der Waals surface area contributed by atoms with Crippen LogP contribution in [0.15, 0.2) is 23.1 Å². The zero-order valence-electron chi connectivity index (χ0n) is 16.6. The standard InChI is InChI=1S/C19H28N4O4S/c1-4-22-9-5-6-14(22)13-23(11-10-21(2)3)28(26,27)15-7-8-16-17(12-15)19(25)20-18(16)24/h7-8,12,14H,4-6,9-11,13H2,1-3H3,(H,20,24,25). The highest BCUT2D eigenvalue weighted by atomic mass is 32.2. The predicted molar refractivity (Wildman–Crippen MR) is 106 cm³/mol. The van der Waals surface area contributed by atoms with E-state index in [-0.39, 0.29) is 22.1 Å². The largest absolute Gasteiger partial charge is 0.308 e. The van der Waals surface area contributed by atoms with Gasteiger partial charge in [0, 0.05) is 25.7 Å². The van der Waals surface area contributed by atoms with E-state index in [0.29, 0.717) is 19.6 Å². The number of sulfonamides is 1. The monoisotopic (exact) mass is 408 g/mol. The minimum absolute atomic E-state index is 0.0518. The predicted octanol–water partition coefficient (Wildman–Crippen LogP) is 0.607. The molecule has 3 rings (SSSR count). The molecule has 1 fully saturated rings. The SMILES string of the molecule is CCN1CCCC1CN(CCN(C)C)S(=O)(=O)c1ccc2c(c1)C(=O)NC2=O. The third-order valence-corrected chi connectivity index (χ3v) is 7.32. The Bertz CT molecular complexity index is 869. The van der Waals surface area contributed by atoms with Gasteiger partial charge in [-0.15, -0.1) is 0 Å². The summed E-state index contributed by atoms with van der Waals surface area (Å²) in [5.74, 6) is -1.04. The van der Waals surface area contributed by atoms with Crippen LogP contribution in [0.1, 0.15) is 40.5 Å². The number of imide groups is 1. The van der Waals surface area contributed by atoms with Gasteiger partial charge in [-0.25, -0.2) is 8.42 Å². The fraction of sp³-hybridized carbons (Fsp3) is 0.579. The zero-order chi connectivity index (χ0) is 20.5. The first kappa shape index (κ1) is 20.9. The van der Waals surface area contributed by atoms with Crippen LogP contribution < -0.4 is 5.32 Å². The van der Waals surface area contributed by atoms with Gasteiger partial charge in [-0.2, -0.15) is 4.31 Å². The van der Waals surface area contributed by atoms with Crippen LogP contribution in [0.5, 0.6) is 0 Å². The molecule has 0 aromatic heterocycles. The van der Waals surface area contributed by atoms with Gasteiger partial charge in [-0.3, -0.25) is 19.8 Å². The molecular weight excluding hydrogens is 380 g/mol. The van der Waals surface area contributed by atoms with Gasteiger partial charge < -0.3 is 4.90 Å². The number of benzene rings is 1. The highest BCUT2D eigenvalue weighted by molar-refractivity contribution is 7.89. The summed E-state index contributed by atoms with van der Waals surface area (Å²) in [5, 5.41) is 2.20. The Hall–Kier alpha value is -1.81. The molecule has 0 aliphatic carbocycles. The van der Waals surface area contributed by atoms with E-state index in [1.54, 1.807) is 0 Å². The molecule has 1 aromatic carbocycles. The summed E-state index contributed by atoms with van der Waals surface area (Å²) in [5.41, 5.74) is 0.339. The lowest BCUT2D eigenvalue weighted by atomic mass is 10.1. The maximum absolute atomic E-state index is 13.4. The molecule has 0 radical (unpaired) electrons. The van der Waals surface area contributed by atoms with Crippen molar-refractivity contribution in [3.05, 3.63) is 29.3 Å². The second-order valence-corrected chi connectivity index (χ2v) is 9.52. The second kappa shape index (κ2) is 8.28. The van der Waals surface area contributed by atoms with Crippen molar-refractivity contribution in [2.45, 2.75) is 30.7 Å². The van der Waals surface area contributed by atoms with Crippen LogP contribution in [0.2, 0.25) is 0 Å². The summed E-state index contributed by atoms with van der Waals surface area (Å²) >= 11 is 0. The van der Waals surface area contributed by atoms with Crippen molar-refractivity contribution in [3.63, 3.8) is 0 Å².